The SMILES string of the molecule is c1ccc(-n2c(CN3CCCCC3)nnc2SCCN2CCCCC2)cc1. The maximum absolute atomic E-state index is 4.59. The zero-order valence-corrected chi connectivity index (χ0v) is 17.0. The van der Waals surface area contributed by atoms with Crippen LogP contribution in [0.15, 0.2) is 35.5 Å². The summed E-state index contributed by atoms with van der Waals surface area (Å²) in [5.74, 6) is 2.15. The fraction of sp³-hybridized carbons (Fsp3) is 0.619. The van der Waals surface area contributed by atoms with Crippen LogP contribution in [-0.4, -0.2) is 63.0 Å². The number of aromatic nitrogens is 3. The van der Waals surface area contributed by atoms with Crippen LogP contribution in [0.3, 0.4) is 0 Å². The molecule has 1 aromatic carbocycles. The Hall–Kier alpha value is -1.37. The van der Waals surface area contributed by atoms with Crippen molar-refractivity contribution in [2.75, 3.05) is 38.5 Å². The molecule has 0 atom stereocenters. The lowest BCUT2D eigenvalue weighted by Gasteiger charge is -2.26. The van der Waals surface area contributed by atoms with Crippen molar-refractivity contribution in [1.29, 1.82) is 0 Å². The number of thioether (sulfide) groups is 1. The second-order valence-electron chi connectivity index (χ2n) is 7.66. The monoisotopic (exact) mass is 385 g/mol. The largest absolute Gasteiger partial charge is 0.303 e. The number of hydrogen-bond donors (Lipinski definition) is 0. The number of nitrogens with zero attached hydrogens (tertiary/aromatic N) is 5. The number of benzene rings is 1. The maximum Gasteiger partial charge on any atom is 0.195 e. The molecule has 6 heteroatoms. The number of piperidine rings is 2. The summed E-state index contributed by atoms with van der Waals surface area (Å²) in [6, 6.07) is 10.6. The summed E-state index contributed by atoms with van der Waals surface area (Å²) in [6.45, 7) is 6.92. The second-order valence-corrected chi connectivity index (χ2v) is 8.72. The minimum Gasteiger partial charge on any atom is -0.303 e. The lowest BCUT2D eigenvalue weighted by atomic mass is 10.1. The molecular weight excluding hydrogens is 354 g/mol. The van der Waals surface area contributed by atoms with Crippen molar-refractivity contribution in [2.45, 2.75) is 50.2 Å². The lowest BCUT2D eigenvalue weighted by molar-refractivity contribution is 0.214. The van der Waals surface area contributed by atoms with E-state index in [-0.39, 0.29) is 0 Å². The molecule has 2 aliphatic heterocycles. The predicted molar refractivity (Wildman–Crippen MR) is 112 cm³/mol. The van der Waals surface area contributed by atoms with Gasteiger partial charge in [-0.15, -0.1) is 10.2 Å². The van der Waals surface area contributed by atoms with Gasteiger partial charge in [-0.05, 0) is 64.0 Å². The molecule has 5 nitrogen and oxygen atoms in total. The Kier molecular flexibility index (Phi) is 6.82. The molecule has 0 spiro atoms. The van der Waals surface area contributed by atoms with Gasteiger partial charge in [0.15, 0.2) is 11.0 Å². The van der Waals surface area contributed by atoms with Gasteiger partial charge in [-0.3, -0.25) is 9.47 Å². The number of rotatable bonds is 7. The summed E-state index contributed by atoms with van der Waals surface area (Å²) >= 11 is 1.85. The summed E-state index contributed by atoms with van der Waals surface area (Å²) < 4.78 is 2.27. The van der Waals surface area contributed by atoms with E-state index in [1.165, 1.54) is 70.4 Å². The topological polar surface area (TPSA) is 37.2 Å². The summed E-state index contributed by atoms with van der Waals surface area (Å²) in [7, 11) is 0. The average molecular weight is 386 g/mol. The Morgan fingerprint density at radius 3 is 2.15 bits per heavy atom. The van der Waals surface area contributed by atoms with E-state index in [0.717, 1.165) is 29.8 Å². The molecule has 3 heterocycles. The van der Waals surface area contributed by atoms with E-state index in [2.05, 4.69) is 54.9 Å². The third kappa shape index (κ3) is 5.12. The molecule has 1 aromatic heterocycles. The molecular formula is C21H31N5S. The first-order valence-electron chi connectivity index (χ1n) is 10.5. The van der Waals surface area contributed by atoms with Crippen LogP contribution in [-0.2, 0) is 6.54 Å². The van der Waals surface area contributed by atoms with Crippen molar-refractivity contribution >= 4 is 11.8 Å². The van der Waals surface area contributed by atoms with Crippen LogP contribution in [0, 0.1) is 0 Å². The molecule has 27 heavy (non-hydrogen) atoms. The van der Waals surface area contributed by atoms with Crippen LogP contribution in [0.4, 0.5) is 0 Å². The molecule has 2 fully saturated rings. The highest BCUT2D eigenvalue weighted by Gasteiger charge is 2.19. The van der Waals surface area contributed by atoms with Gasteiger partial charge < -0.3 is 4.90 Å². The molecule has 0 unspecified atom stereocenters. The third-order valence-electron chi connectivity index (χ3n) is 5.62. The highest BCUT2D eigenvalue weighted by Crippen LogP contribution is 2.24. The van der Waals surface area contributed by atoms with Gasteiger partial charge in [0.2, 0.25) is 0 Å². The lowest BCUT2D eigenvalue weighted by Crippen LogP contribution is -2.31. The first-order valence-corrected chi connectivity index (χ1v) is 11.5. The van der Waals surface area contributed by atoms with E-state index in [9.17, 15) is 0 Å². The van der Waals surface area contributed by atoms with E-state index in [0.29, 0.717) is 0 Å². The average Bonchev–Trinajstić information content (AvgIpc) is 3.12. The summed E-state index contributed by atoms with van der Waals surface area (Å²) in [4.78, 5) is 5.11. The van der Waals surface area contributed by atoms with Gasteiger partial charge in [-0.25, -0.2) is 0 Å². The maximum atomic E-state index is 4.59. The van der Waals surface area contributed by atoms with Crippen molar-refractivity contribution in [3.63, 3.8) is 0 Å². The van der Waals surface area contributed by atoms with Crippen LogP contribution in [0.1, 0.15) is 44.3 Å². The van der Waals surface area contributed by atoms with Crippen LogP contribution in [0.5, 0.6) is 0 Å². The summed E-state index contributed by atoms with van der Waals surface area (Å²) in [5.41, 5.74) is 1.18. The summed E-state index contributed by atoms with van der Waals surface area (Å²) in [6.07, 6.45) is 8.06. The minimum absolute atomic E-state index is 0.897. The number of likely N-dealkylation sites (tertiary alicyclic amines) is 2. The highest BCUT2D eigenvalue weighted by molar-refractivity contribution is 7.99. The van der Waals surface area contributed by atoms with E-state index in [1.807, 2.05) is 11.8 Å². The van der Waals surface area contributed by atoms with Gasteiger partial charge in [0, 0.05) is 18.0 Å². The molecule has 4 rings (SSSR count). The Bertz CT molecular complexity index is 690. The van der Waals surface area contributed by atoms with Crippen molar-refractivity contribution in [2.24, 2.45) is 0 Å². The standard InChI is InChI=1S/C21H31N5S/c1-4-10-19(11-5-1)26-20(18-25-14-8-3-9-15-25)22-23-21(26)27-17-16-24-12-6-2-7-13-24/h1,4-5,10-11H,2-3,6-9,12-18H2. The fourth-order valence-electron chi connectivity index (χ4n) is 4.10. The van der Waals surface area contributed by atoms with E-state index in [1.54, 1.807) is 0 Å². The Morgan fingerprint density at radius 2 is 1.44 bits per heavy atom. The Balaban J connectivity index is 1.46. The first kappa shape index (κ1) is 19.0. The normalized spacial score (nSPS) is 19.4. The van der Waals surface area contributed by atoms with Crippen molar-refractivity contribution < 1.29 is 0 Å². The summed E-state index contributed by atoms with van der Waals surface area (Å²) in [5, 5.41) is 10.2. The molecule has 0 radical (unpaired) electrons. The highest BCUT2D eigenvalue weighted by atomic mass is 32.2. The molecule has 146 valence electrons. The number of hydrogen-bond acceptors (Lipinski definition) is 5. The quantitative estimate of drug-likeness (QED) is 0.677. The predicted octanol–water partition coefficient (Wildman–Crippen LogP) is 3.83. The molecule has 2 aromatic rings. The molecule has 0 saturated carbocycles. The van der Waals surface area contributed by atoms with Gasteiger partial charge in [-0.2, -0.15) is 0 Å². The fourth-order valence-corrected chi connectivity index (χ4v) is 5.07. The molecule has 2 saturated heterocycles. The van der Waals surface area contributed by atoms with Gasteiger partial charge in [0.1, 0.15) is 0 Å². The van der Waals surface area contributed by atoms with E-state index in [4.69, 9.17) is 0 Å². The van der Waals surface area contributed by atoms with Gasteiger partial charge >= 0.3 is 0 Å². The zero-order chi connectivity index (χ0) is 18.3. The third-order valence-corrected chi connectivity index (χ3v) is 6.52. The van der Waals surface area contributed by atoms with Crippen molar-refractivity contribution in [1.82, 2.24) is 24.6 Å². The minimum atomic E-state index is 0.897. The van der Waals surface area contributed by atoms with Crippen LogP contribution in [0.25, 0.3) is 5.69 Å². The second kappa shape index (κ2) is 9.71. The smallest absolute Gasteiger partial charge is 0.195 e. The molecule has 0 amide bonds. The first-order chi connectivity index (χ1) is 13.4. The Morgan fingerprint density at radius 1 is 0.778 bits per heavy atom. The van der Waals surface area contributed by atoms with Gasteiger partial charge in [0.05, 0.1) is 6.54 Å². The zero-order valence-electron chi connectivity index (χ0n) is 16.2. The molecule has 0 N–H and O–H groups in total. The van der Waals surface area contributed by atoms with Crippen LogP contribution < -0.4 is 0 Å². The van der Waals surface area contributed by atoms with Gasteiger partial charge in [0.25, 0.3) is 0 Å². The molecule has 0 bridgehead atoms. The van der Waals surface area contributed by atoms with Crippen molar-refractivity contribution in [3.8, 4) is 5.69 Å². The van der Waals surface area contributed by atoms with E-state index < -0.39 is 0 Å². The van der Waals surface area contributed by atoms with Crippen molar-refractivity contribution in [3.05, 3.63) is 36.2 Å². The molecule has 2 aliphatic rings. The molecule has 0 aliphatic carbocycles. The van der Waals surface area contributed by atoms with E-state index >= 15 is 0 Å². The van der Waals surface area contributed by atoms with Crippen LogP contribution >= 0.6 is 11.8 Å². The van der Waals surface area contributed by atoms with Crippen LogP contribution in [0.2, 0.25) is 0 Å². The van der Waals surface area contributed by atoms with Gasteiger partial charge in [-0.1, -0.05) is 42.8 Å². The Labute approximate surface area is 167 Å². The number of para-hydroxylation sites is 1.